The fourth-order valence-electron chi connectivity index (χ4n) is 0.759. The number of aromatic nitrogens is 1. The number of hydrogen-bond donors (Lipinski definition) is 0. The fourth-order valence-corrected chi connectivity index (χ4v) is 0.826. The Morgan fingerprint density at radius 2 is 2.07 bits per heavy atom. The zero-order valence-electron chi connectivity index (χ0n) is 6.90. The minimum Gasteiger partial charge on any atom is -0.247 e. The molecule has 0 saturated heterocycles. The molecule has 1 nitrogen and oxygen atoms in total. The normalized spacial score (nSPS) is 10.6. The maximum Gasteiger partial charge on any atom is 0.417 e. The van der Waals surface area contributed by atoms with Gasteiger partial charge in [0, 0.05) is 6.20 Å². The van der Waals surface area contributed by atoms with E-state index in [0.717, 1.165) is 12.3 Å². The molecule has 0 N–H and O–H groups in total. The number of alkyl halides is 4. The Balaban J connectivity index is 2.89. The van der Waals surface area contributed by atoms with Gasteiger partial charge in [-0.15, -0.1) is 11.6 Å². The first-order chi connectivity index (χ1) is 6.54. The molecule has 5 heteroatoms. The van der Waals surface area contributed by atoms with E-state index in [0.29, 0.717) is 0 Å². The molecule has 14 heavy (non-hydrogen) atoms. The van der Waals surface area contributed by atoms with E-state index in [4.69, 9.17) is 11.6 Å². The molecule has 0 aliphatic rings. The Morgan fingerprint density at radius 1 is 1.36 bits per heavy atom. The van der Waals surface area contributed by atoms with E-state index in [-0.39, 0.29) is 11.6 Å². The van der Waals surface area contributed by atoms with Crippen molar-refractivity contribution in [2.24, 2.45) is 0 Å². The molecule has 0 fully saturated rings. The molecule has 0 radical (unpaired) electrons. The van der Waals surface area contributed by atoms with E-state index >= 15 is 0 Å². The predicted octanol–water partition coefficient (Wildman–Crippen LogP) is 2.69. The van der Waals surface area contributed by atoms with Crippen molar-refractivity contribution in [1.82, 2.24) is 4.98 Å². The van der Waals surface area contributed by atoms with E-state index in [1.54, 1.807) is 0 Å². The number of pyridine rings is 1. The van der Waals surface area contributed by atoms with Crippen molar-refractivity contribution in [2.75, 3.05) is 5.88 Å². The summed E-state index contributed by atoms with van der Waals surface area (Å²) in [6.07, 6.45) is -3.61. The second-order valence-electron chi connectivity index (χ2n) is 2.37. The Hall–Kier alpha value is -1.21. The van der Waals surface area contributed by atoms with E-state index in [2.05, 4.69) is 16.8 Å². The van der Waals surface area contributed by atoms with Crippen LogP contribution in [0.2, 0.25) is 0 Å². The maximum absolute atomic E-state index is 12.1. The Bertz CT molecular complexity index is 358. The molecule has 0 unspecified atom stereocenters. The lowest BCUT2D eigenvalue weighted by atomic mass is 10.2. The van der Waals surface area contributed by atoms with Gasteiger partial charge in [0.05, 0.1) is 11.4 Å². The third-order valence-corrected chi connectivity index (χ3v) is 1.51. The van der Waals surface area contributed by atoms with Gasteiger partial charge in [-0.25, -0.2) is 4.98 Å². The maximum atomic E-state index is 12.1. The highest BCUT2D eigenvalue weighted by molar-refractivity contribution is 6.19. The summed E-state index contributed by atoms with van der Waals surface area (Å²) >= 11 is 5.27. The first-order valence-corrected chi connectivity index (χ1v) is 4.15. The molecule has 0 amide bonds. The molecule has 0 aliphatic heterocycles. The summed E-state index contributed by atoms with van der Waals surface area (Å²) in [5, 5.41) is 0. The van der Waals surface area contributed by atoms with Gasteiger partial charge in [-0.05, 0) is 18.1 Å². The van der Waals surface area contributed by atoms with Gasteiger partial charge in [-0.2, -0.15) is 13.2 Å². The highest BCUT2D eigenvalue weighted by atomic mass is 35.5. The molecule has 0 aliphatic carbocycles. The van der Waals surface area contributed by atoms with E-state index in [1.165, 1.54) is 6.07 Å². The number of hydrogen-bond acceptors (Lipinski definition) is 1. The van der Waals surface area contributed by atoms with Crippen molar-refractivity contribution in [2.45, 2.75) is 6.18 Å². The Kier molecular flexibility index (Phi) is 3.37. The zero-order valence-corrected chi connectivity index (χ0v) is 7.65. The molecule has 1 heterocycles. The van der Waals surface area contributed by atoms with Crippen LogP contribution < -0.4 is 0 Å². The van der Waals surface area contributed by atoms with E-state index < -0.39 is 11.7 Å². The third kappa shape index (κ3) is 2.93. The third-order valence-electron chi connectivity index (χ3n) is 1.37. The summed E-state index contributed by atoms with van der Waals surface area (Å²) in [7, 11) is 0. The van der Waals surface area contributed by atoms with Gasteiger partial charge < -0.3 is 0 Å². The number of halogens is 4. The molecule has 0 aromatic carbocycles. The number of nitrogens with zero attached hydrogens (tertiary/aromatic N) is 1. The average Bonchev–Trinajstić information content (AvgIpc) is 2.14. The van der Waals surface area contributed by atoms with Crippen molar-refractivity contribution in [3.8, 4) is 11.8 Å². The van der Waals surface area contributed by atoms with Crippen molar-refractivity contribution < 1.29 is 13.2 Å². The summed E-state index contributed by atoms with van der Waals surface area (Å²) in [5.74, 6) is 5.13. The first-order valence-electron chi connectivity index (χ1n) is 3.62. The van der Waals surface area contributed by atoms with Crippen LogP contribution in [0.3, 0.4) is 0 Å². The monoisotopic (exact) mass is 219 g/mol. The van der Waals surface area contributed by atoms with Crippen LogP contribution in [-0.4, -0.2) is 10.9 Å². The van der Waals surface area contributed by atoms with Gasteiger partial charge in [0.15, 0.2) is 0 Å². The molecular weight excluding hydrogens is 215 g/mol. The molecule has 1 aromatic rings. The standard InChI is InChI=1S/C9H5ClF3N/c10-5-1-2-8-4-3-7(6-14-8)9(11,12)13/h3-4,6H,5H2. The largest absolute Gasteiger partial charge is 0.417 e. The molecule has 1 aromatic heterocycles. The van der Waals surface area contributed by atoms with Crippen LogP contribution in [0.25, 0.3) is 0 Å². The summed E-state index contributed by atoms with van der Waals surface area (Å²) in [6, 6.07) is 2.15. The van der Waals surface area contributed by atoms with Crippen molar-refractivity contribution in [3.63, 3.8) is 0 Å². The minimum atomic E-state index is -4.36. The smallest absolute Gasteiger partial charge is 0.247 e. The minimum absolute atomic E-state index is 0.128. The van der Waals surface area contributed by atoms with Gasteiger partial charge in [-0.1, -0.05) is 5.92 Å². The lowest BCUT2D eigenvalue weighted by Gasteiger charge is -2.04. The second-order valence-corrected chi connectivity index (χ2v) is 2.63. The first kappa shape index (κ1) is 10.9. The summed E-state index contributed by atoms with van der Waals surface area (Å²) in [6.45, 7) is 0. The van der Waals surface area contributed by atoms with Crippen molar-refractivity contribution in [3.05, 3.63) is 29.6 Å². The number of rotatable bonds is 0. The van der Waals surface area contributed by atoms with Gasteiger partial charge in [0.2, 0.25) is 0 Å². The summed E-state index contributed by atoms with van der Waals surface area (Å²) in [4.78, 5) is 3.53. The highest BCUT2D eigenvalue weighted by Gasteiger charge is 2.30. The summed E-state index contributed by atoms with van der Waals surface area (Å²) in [5.41, 5.74) is -0.507. The SMILES string of the molecule is FC(F)(F)c1ccc(C#CCCl)nc1. The van der Waals surface area contributed by atoms with Crippen LogP contribution in [0.5, 0.6) is 0 Å². The van der Waals surface area contributed by atoms with Gasteiger partial charge in [-0.3, -0.25) is 0 Å². The highest BCUT2D eigenvalue weighted by Crippen LogP contribution is 2.28. The molecule has 1 rings (SSSR count). The van der Waals surface area contributed by atoms with Gasteiger partial charge in [0.25, 0.3) is 0 Å². The zero-order chi connectivity index (χ0) is 10.6. The molecule has 0 atom stereocenters. The molecule has 74 valence electrons. The van der Waals surface area contributed by atoms with E-state index in [9.17, 15) is 13.2 Å². The lowest BCUT2D eigenvalue weighted by molar-refractivity contribution is -0.137. The van der Waals surface area contributed by atoms with Crippen molar-refractivity contribution >= 4 is 11.6 Å². The Morgan fingerprint density at radius 3 is 2.50 bits per heavy atom. The average molecular weight is 220 g/mol. The van der Waals surface area contributed by atoms with Crippen LogP contribution in [0.15, 0.2) is 18.3 Å². The van der Waals surface area contributed by atoms with Gasteiger partial charge >= 0.3 is 6.18 Å². The van der Waals surface area contributed by atoms with Crippen LogP contribution in [0.1, 0.15) is 11.3 Å². The molecular formula is C9H5ClF3N. The second kappa shape index (κ2) is 4.34. The lowest BCUT2D eigenvalue weighted by Crippen LogP contribution is -2.05. The predicted molar refractivity (Wildman–Crippen MR) is 46.8 cm³/mol. The van der Waals surface area contributed by atoms with Crippen LogP contribution in [0, 0.1) is 11.8 Å². The molecule has 0 spiro atoms. The van der Waals surface area contributed by atoms with Crippen LogP contribution in [-0.2, 0) is 6.18 Å². The van der Waals surface area contributed by atoms with Crippen molar-refractivity contribution in [1.29, 1.82) is 0 Å². The fraction of sp³-hybridized carbons (Fsp3) is 0.222. The Labute approximate surface area is 83.9 Å². The van der Waals surface area contributed by atoms with Gasteiger partial charge in [0.1, 0.15) is 5.69 Å². The molecule has 0 saturated carbocycles. The summed E-state index contributed by atoms with van der Waals surface area (Å²) < 4.78 is 36.2. The van der Waals surface area contributed by atoms with Crippen LogP contribution in [0.4, 0.5) is 13.2 Å². The molecule has 0 bridgehead atoms. The van der Waals surface area contributed by atoms with Crippen LogP contribution >= 0.6 is 11.6 Å². The van der Waals surface area contributed by atoms with E-state index in [1.807, 2.05) is 0 Å². The topological polar surface area (TPSA) is 12.9 Å². The quantitative estimate of drug-likeness (QED) is 0.483.